The number of fused-ring (bicyclic) bond motifs is 1. The lowest BCUT2D eigenvalue weighted by Crippen LogP contribution is -1.98. The van der Waals surface area contributed by atoms with Crippen molar-refractivity contribution in [3.8, 4) is 11.1 Å². The summed E-state index contributed by atoms with van der Waals surface area (Å²) in [6, 6.07) is 16.3. The Morgan fingerprint density at radius 1 is 0.676 bits per heavy atom. The zero-order valence-corrected chi connectivity index (χ0v) is 19.7. The van der Waals surface area contributed by atoms with Crippen molar-refractivity contribution in [2.75, 3.05) is 0 Å². The van der Waals surface area contributed by atoms with Crippen LogP contribution in [0.3, 0.4) is 0 Å². The first-order valence-electron chi connectivity index (χ1n) is 11.5. The van der Waals surface area contributed by atoms with Gasteiger partial charge in [-0.05, 0) is 77.6 Å². The molecule has 4 aromatic rings. The van der Waals surface area contributed by atoms with Crippen LogP contribution in [0.5, 0.6) is 0 Å². The zero-order valence-electron chi connectivity index (χ0n) is 18.9. The molecule has 0 aliphatic heterocycles. The number of rotatable bonds is 8. The molecule has 0 saturated carbocycles. The van der Waals surface area contributed by atoms with Crippen LogP contribution in [-0.4, -0.2) is 0 Å². The molecule has 0 N–H and O–H groups in total. The first kappa shape index (κ1) is 24.3. The number of benzene rings is 4. The van der Waals surface area contributed by atoms with E-state index in [9.17, 15) is 13.2 Å². The zero-order chi connectivity index (χ0) is 24.2. The smallest absolute Gasteiger partial charge is 0.145 e. The molecule has 0 unspecified atom stereocenters. The molecule has 0 aromatic heterocycles. The molecule has 0 atom stereocenters. The van der Waals surface area contributed by atoms with Crippen LogP contribution < -0.4 is 0 Å². The highest BCUT2D eigenvalue weighted by molar-refractivity contribution is 6.30. The fraction of sp³-hybridized carbons (Fsp3) is 0.241. The summed E-state index contributed by atoms with van der Waals surface area (Å²) in [5.41, 5.74) is 3.00. The number of hydrogen-bond acceptors (Lipinski definition) is 0. The monoisotopic (exact) mass is 484 g/mol. The molecule has 0 spiro atoms. The molecule has 176 valence electrons. The Morgan fingerprint density at radius 3 is 2.12 bits per heavy atom. The molecule has 4 rings (SSSR count). The predicted molar refractivity (Wildman–Crippen MR) is 131 cm³/mol. The number of unbranched alkanes of at least 4 members (excludes halogenated alkanes) is 2. The summed E-state index contributed by atoms with van der Waals surface area (Å²) in [5.74, 6) is -2.33. The minimum absolute atomic E-state index is 0.265. The summed E-state index contributed by atoms with van der Waals surface area (Å²) in [5, 5.41) is 0.541. The van der Waals surface area contributed by atoms with Crippen LogP contribution in [0.25, 0.3) is 21.9 Å². The van der Waals surface area contributed by atoms with Gasteiger partial charge in [-0.15, -0.1) is 0 Å². The average Bonchev–Trinajstić information content (AvgIpc) is 2.82. The minimum Gasteiger partial charge on any atom is -0.206 e. The van der Waals surface area contributed by atoms with Gasteiger partial charge in [-0.3, -0.25) is 0 Å². The van der Waals surface area contributed by atoms with E-state index in [0.717, 1.165) is 31.2 Å². The molecule has 0 radical (unpaired) electrons. The fourth-order valence-electron chi connectivity index (χ4n) is 4.26. The molecule has 0 nitrogen and oxygen atoms in total. The maximum Gasteiger partial charge on any atom is 0.145 e. The third-order valence-corrected chi connectivity index (χ3v) is 6.54. The van der Waals surface area contributed by atoms with Crippen molar-refractivity contribution < 1.29 is 17.6 Å². The van der Waals surface area contributed by atoms with E-state index in [1.807, 2.05) is 6.07 Å². The largest absolute Gasteiger partial charge is 0.206 e. The first-order valence-corrected chi connectivity index (χ1v) is 11.9. The summed E-state index contributed by atoms with van der Waals surface area (Å²) in [6.45, 7) is 2.14. The average molecular weight is 485 g/mol. The van der Waals surface area contributed by atoms with Gasteiger partial charge in [0.2, 0.25) is 0 Å². The van der Waals surface area contributed by atoms with Gasteiger partial charge in [0.05, 0.1) is 0 Å². The van der Waals surface area contributed by atoms with E-state index in [1.54, 1.807) is 42.5 Å². The van der Waals surface area contributed by atoms with Gasteiger partial charge in [0.1, 0.15) is 28.3 Å². The maximum absolute atomic E-state index is 15.2. The van der Waals surface area contributed by atoms with Gasteiger partial charge < -0.3 is 0 Å². The van der Waals surface area contributed by atoms with E-state index in [2.05, 4.69) is 6.92 Å². The van der Waals surface area contributed by atoms with E-state index in [1.165, 1.54) is 12.1 Å². The Hall–Kier alpha value is -2.85. The van der Waals surface area contributed by atoms with Gasteiger partial charge in [-0.1, -0.05) is 67.8 Å². The lowest BCUT2D eigenvalue weighted by Gasteiger charge is -2.11. The van der Waals surface area contributed by atoms with Crippen molar-refractivity contribution in [3.63, 3.8) is 0 Å². The molecule has 0 aliphatic carbocycles. The van der Waals surface area contributed by atoms with Gasteiger partial charge in [0.25, 0.3) is 0 Å². The molecule has 34 heavy (non-hydrogen) atoms. The van der Waals surface area contributed by atoms with Gasteiger partial charge in [-0.2, -0.15) is 0 Å². The third kappa shape index (κ3) is 5.28. The number of aryl methyl sites for hydroxylation is 3. The number of hydrogen-bond donors (Lipinski definition) is 0. The maximum atomic E-state index is 15.2. The highest BCUT2D eigenvalue weighted by Gasteiger charge is 2.13. The second-order valence-electron chi connectivity index (χ2n) is 8.62. The van der Waals surface area contributed by atoms with Crippen LogP contribution in [0, 0.1) is 23.3 Å². The van der Waals surface area contributed by atoms with Crippen LogP contribution >= 0.6 is 11.6 Å². The van der Waals surface area contributed by atoms with E-state index in [-0.39, 0.29) is 24.5 Å². The molecule has 0 heterocycles. The summed E-state index contributed by atoms with van der Waals surface area (Å²) < 4.78 is 57.3. The molecule has 0 saturated heterocycles. The van der Waals surface area contributed by atoms with Crippen LogP contribution in [0.1, 0.15) is 42.9 Å². The van der Waals surface area contributed by atoms with Crippen molar-refractivity contribution in [3.05, 3.63) is 106 Å². The highest BCUT2D eigenvalue weighted by Crippen LogP contribution is 2.30. The van der Waals surface area contributed by atoms with Crippen LogP contribution in [-0.2, 0) is 19.3 Å². The van der Waals surface area contributed by atoms with Crippen molar-refractivity contribution >= 4 is 22.4 Å². The van der Waals surface area contributed by atoms with Crippen molar-refractivity contribution in [2.45, 2.75) is 45.4 Å². The molecule has 5 heteroatoms. The van der Waals surface area contributed by atoms with Crippen LogP contribution in [0.15, 0.2) is 60.7 Å². The first-order chi connectivity index (χ1) is 16.4. The summed E-state index contributed by atoms with van der Waals surface area (Å²) in [7, 11) is 0. The van der Waals surface area contributed by atoms with E-state index in [0.29, 0.717) is 33.0 Å². The van der Waals surface area contributed by atoms with Crippen LogP contribution in [0.2, 0.25) is 5.02 Å². The van der Waals surface area contributed by atoms with Crippen molar-refractivity contribution in [1.82, 2.24) is 0 Å². The second-order valence-corrected chi connectivity index (χ2v) is 9.00. The Balaban J connectivity index is 1.55. The summed E-state index contributed by atoms with van der Waals surface area (Å²) in [6.07, 6.45) is 4.67. The Bertz CT molecular complexity index is 1310. The van der Waals surface area contributed by atoms with Crippen LogP contribution in [0.4, 0.5) is 17.6 Å². The topological polar surface area (TPSA) is 0 Å². The number of halogens is 5. The fourth-order valence-corrected chi connectivity index (χ4v) is 4.37. The lowest BCUT2D eigenvalue weighted by molar-refractivity contribution is 0.579. The molecule has 0 aliphatic rings. The minimum atomic E-state index is -0.829. The predicted octanol–water partition coefficient (Wildman–Crippen LogP) is 9.23. The van der Waals surface area contributed by atoms with Gasteiger partial charge in [0.15, 0.2) is 0 Å². The van der Waals surface area contributed by atoms with E-state index in [4.69, 9.17) is 11.6 Å². The molecular formula is C29H25ClF4. The van der Waals surface area contributed by atoms with Gasteiger partial charge >= 0.3 is 0 Å². The molecule has 0 fully saturated rings. The normalized spacial score (nSPS) is 11.4. The van der Waals surface area contributed by atoms with E-state index >= 15 is 4.39 Å². The Labute approximate surface area is 202 Å². The third-order valence-electron chi connectivity index (χ3n) is 6.17. The summed E-state index contributed by atoms with van der Waals surface area (Å²) >= 11 is 5.52. The van der Waals surface area contributed by atoms with Crippen molar-refractivity contribution in [2.24, 2.45) is 0 Å². The van der Waals surface area contributed by atoms with Gasteiger partial charge in [-0.25, -0.2) is 17.6 Å². The SMILES string of the molecule is CCCCCc1ccc(-c2ccc3c(F)c(CCc4cc(F)c(Cl)c(F)c4)ccc3c2)c(F)c1. The Morgan fingerprint density at radius 2 is 1.41 bits per heavy atom. The van der Waals surface area contributed by atoms with E-state index < -0.39 is 16.7 Å². The molecular weight excluding hydrogens is 460 g/mol. The van der Waals surface area contributed by atoms with Crippen molar-refractivity contribution in [1.29, 1.82) is 0 Å². The molecule has 0 bridgehead atoms. The summed E-state index contributed by atoms with van der Waals surface area (Å²) in [4.78, 5) is 0. The highest BCUT2D eigenvalue weighted by atomic mass is 35.5. The Kier molecular flexibility index (Phi) is 7.57. The van der Waals surface area contributed by atoms with Gasteiger partial charge in [0, 0.05) is 10.9 Å². The molecule has 4 aromatic carbocycles. The standard InChI is InChI=1S/C29H25ClF4/c1-2-3-4-5-18-7-12-23(25(31)14-18)21-11-13-24-22(17-21)10-9-20(29(24)34)8-6-19-15-26(32)28(30)27(33)16-19/h7,9-17H,2-6,8H2,1H3. The molecule has 0 amide bonds. The second kappa shape index (κ2) is 10.6. The quantitative estimate of drug-likeness (QED) is 0.133. The lowest BCUT2D eigenvalue weighted by atomic mass is 9.96.